The maximum absolute atomic E-state index is 11.6. The van der Waals surface area contributed by atoms with Gasteiger partial charge in [-0.15, -0.1) is 0 Å². The van der Waals surface area contributed by atoms with Crippen LogP contribution in [0.4, 0.5) is 4.79 Å². The summed E-state index contributed by atoms with van der Waals surface area (Å²) in [6, 6.07) is 10.1. The van der Waals surface area contributed by atoms with Crippen LogP contribution in [0.1, 0.15) is 12.0 Å². The highest BCUT2D eigenvalue weighted by atomic mass is 35.5. The first-order valence-corrected chi connectivity index (χ1v) is 8.24. The average molecular weight is 348 g/mol. The highest BCUT2D eigenvalue weighted by Crippen LogP contribution is 2.34. The molecule has 7 heteroatoms. The van der Waals surface area contributed by atoms with Crippen molar-refractivity contribution in [3.05, 3.63) is 45.4 Å². The maximum atomic E-state index is 11.6. The number of ether oxygens (including phenoxy) is 1. The predicted octanol–water partition coefficient (Wildman–Crippen LogP) is 5.31. The van der Waals surface area contributed by atoms with Gasteiger partial charge in [0.05, 0.1) is 6.61 Å². The number of rotatable bonds is 5. The van der Waals surface area contributed by atoms with Crippen molar-refractivity contribution < 1.29 is 9.53 Å². The van der Waals surface area contributed by atoms with Gasteiger partial charge < -0.3 is 4.74 Å². The van der Waals surface area contributed by atoms with E-state index >= 15 is 0 Å². The van der Waals surface area contributed by atoms with Crippen LogP contribution in [-0.2, 0) is 11.2 Å². The van der Waals surface area contributed by atoms with E-state index in [-0.39, 0.29) is 10.5 Å². The summed E-state index contributed by atoms with van der Waals surface area (Å²) in [4.78, 5) is 15.5. The Hall–Kier alpha value is -0.750. The summed E-state index contributed by atoms with van der Waals surface area (Å²) in [6.07, 6.45) is 1.67. The van der Waals surface area contributed by atoms with Crippen molar-refractivity contribution in [1.82, 2.24) is 4.98 Å². The van der Waals surface area contributed by atoms with Crippen LogP contribution in [0, 0.1) is 0 Å². The van der Waals surface area contributed by atoms with E-state index in [0.29, 0.717) is 15.3 Å². The first kappa shape index (κ1) is 15.6. The molecule has 20 heavy (non-hydrogen) atoms. The molecule has 106 valence electrons. The molecular formula is C13H11Cl2NO2S2. The second kappa shape index (κ2) is 7.88. The Bertz CT molecular complexity index is 556. The molecule has 1 heterocycles. The molecular weight excluding hydrogens is 337 g/mol. The molecule has 0 bridgehead atoms. The first-order chi connectivity index (χ1) is 9.65. The minimum Gasteiger partial charge on any atom is -0.457 e. The molecule has 0 aliphatic heterocycles. The van der Waals surface area contributed by atoms with E-state index in [1.54, 1.807) is 0 Å². The number of halogens is 2. The van der Waals surface area contributed by atoms with Gasteiger partial charge in [0, 0.05) is 11.8 Å². The summed E-state index contributed by atoms with van der Waals surface area (Å²) < 4.78 is 6.00. The van der Waals surface area contributed by atoms with Crippen molar-refractivity contribution in [3.8, 4) is 0 Å². The molecule has 0 radical (unpaired) electrons. The third kappa shape index (κ3) is 4.98. The minimum absolute atomic E-state index is 0.219. The van der Waals surface area contributed by atoms with Gasteiger partial charge in [-0.1, -0.05) is 64.9 Å². The number of carbonyl (C=O) groups is 1. The molecule has 0 saturated carbocycles. The molecule has 3 nitrogen and oxygen atoms in total. The van der Waals surface area contributed by atoms with Gasteiger partial charge in [-0.3, -0.25) is 0 Å². The number of benzene rings is 1. The summed E-state index contributed by atoms with van der Waals surface area (Å²) in [6.45, 7) is 0.383. The molecule has 0 saturated heterocycles. The lowest BCUT2D eigenvalue weighted by Crippen LogP contribution is -2.00. The minimum atomic E-state index is -0.389. The maximum Gasteiger partial charge on any atom is 0.374 e. The second-order valence-corrected chi connectivity index (χ2v) is 6.98. The van der Waals surface area contributed by atoms with Crippen LogP contribution in [0.5, 0.6) is 0 Å². The van der Waals surface area contributed by atoms with Crippen LogP contribution in [0.25, 0.3) is 0 Å². The van der Waals surface area contributed by atoms with Crippen molar-refractivity contribution in [2.45, 2.75) is 17.2 Å². The molecule has 1 aromatic heterocycles. The number of carbonyl (C=O) groups excluding carboxylic acids is 1. The summed E-state index contributed by atoms with van der Waals surface area (Å²) >= 11 is 13.5. The number of aryl methyl sites for hydroxylation is 1. The number of aromatic nitrogens is 1. The van der Waals surface area contributed by atoms with Gasteiger partial charge in [0.2, 0.25) is 0 Å². The Morgan fingerprint density at radius 2 is 2.05 bits per heavy atom. The van der Waals surface area contributed by atoms with Crippen molar-refractivity contribution in [1.29, 1.82) is 0 Å². The predicted molar refractivity (Wildman–Crippen MR) is 84.1 cm³/mol. The smallest absolute Gasteiger partial charge is 0.374 e. The monoisotopic (exact) mass is 347 g/mol. The van der Waals surface area contributed by atoms with E-state index in [9.17, 15) is 4.79 Å². The van der Waals surface area contributed by atoms with Crippen molar-refractivity contribution in [2.75, 3.05) is 6.61 Å². The van der Waals surface area contributed by atoms with E-state index in [1.807, 2.05) is 18.2 Å². The number of thioether (sulfide) groups is 1. The number of hydrogen-bond acceptors (Lipinski definition) is 5. The lowest BCUT2D eigenvalue weighted by molar-refractivity contribution is 0.173. The average Bonchev–Trinajstić information content (AvgIpc) is 2.74. The topological polar surface area (TPSA) is 39.2 Å². The van der Waals surface area contributed by atoms with Gasteiger partial charge in [-0.25, -0.2) is 9.78 Å². The molecule has 2 rings (SSSR count). The Morgan fingerprint density at radius 3 is 2.70 bits per heavy atom. The van der Waals surface area contributed by atoms with Crippen LogP contribution in [-0.4, -0.2) is 16.9 Å². The van der Waals surface area contributed by atoms with Crippen LogP contribution in [0.2, 0.25) is 9.49 Å². The zero-order valence-electron chi connectivity index (χ0n) is 10.3. The van der Waals surface area contributed by atoms with Gasteiger partial charge in [0.15, 0.2) is 9.49 Å². The second-order valence-electron chi connectivity index (χ2n) is 3.83. The standard InChI is InChI=1S/C13H11Cl2NO2S2/c14-10-11(15)19-12(16-10)20-13(17)18-8-4-7-9-5-2-1-3-6-9/h1-3,5-6H,4,7-8H2. The van der Waals surface area contributed by atoms with E-state index in [0.717, 1.165) is 35.9 Å². The molecule has 0 aliphatic rings. The van der Waals surface area contributed by atoms with Gasteiger partial charge in [0.1, 0.15) is 4.34 Å². The van der Waals surface area contributed by atoms with Gasteiger partial charge in [0.25, 0.3) is 0 Å². The Balaban J connectivity index is 1.68. The Kier molecular flexibility index (Phi) is 6.16. The molecule has 0 N–H and O–H groups in total. The summed E-state index contributed by atoms with van der Waals surface area (Å²) in [7, 11) is 0. The van der Waals surface area contributed by atoms with Gasteiger partial charge in [-0.2, -0.15) is 0 Å². The third-order valence-corrected chi connectivity index (χ3v) is 4.95. The van der Waals surface area contributed by atoms with E-state index in [1.165, 1.54) is 5.56 Å². The highest BCUT2D eigenvalue weighted by molar-refractivity contribution is 8.14. The van der Waals surface area contributed by atoms with Crippen LogP contribution in [0.15, 0.2) is 34.7 Å². The lowest BCUT2D eigenvalue weighted by atomic mass is 10.1. The highest BCUT2D eigenvalue weighted by Gasteiger charge is 2.13. The molecule has 0 amide bonds. The normalized spacial score (nSPS) is 10.5. The number of nitrogens with zero attached hydrogens (tertiary/aromatic N) is 1. The zero-order valence-corrected chi connectivity index (χ0v) is 13.5. The van der Waals surface area contributed by atoms with Crippen molar-refractivity contribution in [3.63, 3.8) is 0 Å². The van der Waals surface area contributed by atoms with E-state index < -0.39 is 0 Å². The van der Waals surface area contributed by atoms with Crippen LogP contribution < -0.4 is 0 Å². The Morgan fingerprint density at radius 1 is 1.30 bits per heavy atom. The third-order valence-electron chi connectivity index (χ3n) is 2.37. The fraction of sp³-hybridized carbons (Fsp3) is 0.231. The molecule has 2 aromatic rings. The van der Waals surface area contributed by atoms with Gasteiger partial charge >= 0.3 is 5.30 Å². The van der Waals surface area contributed by atoms with E-state index in [4.69, 9.17) is 27.9 Å². The van der Waals surface area contributed by atoms with Crippen molar-refractivity contribution in [2.24, 2.45) is 0 Å². The molecule has 0 spiro atoms. The molecule has 0 unspecified atom stereocenters. The molecule has 0 aliphatic carbocycles. The van der Waals surface area contributed by atoms with Crippen LogP contribution >= 0.6 is 46.3 Å². The largest absolute Gasteiger partial charge is 0.457 e. The summed E-state index contributed by atoms with van der Waals surface area (Å²) in [5, 5.41) is -0.170. The summed E-state index contributed by atoms with van der Waals surface area (Å²) in [5.74, 6) is 0. The first-order valence-electron chi connectivity index (χ1n) is 5.85. The lowest BCUT2D eigenvalue weighted by Gasteiger charge is -2.03. The molecule has 0 atom stereocenters. The fourth-order valence-corrected chi connectivity index (χ4v) is 3.65. The van der Waals surface area contributed by atoms with E-state index in [2.05, 4.69) is 17.1 Å². The van der Waals surface area contributed by atoms with Gasteiger partial charge in [-0.05, 0) is 18.4 Å². The Labute approximate surface area is 135 Å². The van der Waals surface area contributed by atoms with Crippen LogP contribution in [0.3, 0.4) is 0 Å². The molecule has 1 aromatic carbocycles. The number of hydrogen-bond donors (Lipinski definition) is 0. The fourth-order valence-electron chi connectivity index (χ4n) is 1.49. The van der Waals surface area contributed by atoms with Crippen molar-refractivity contribution >= 4 is 51.6 Å². The summed E-state index contributed by atoms with van der Waals surface area (Å²) in [5.41, 5.74) is 1.23. The quantitative estimate of drug-likeness (QED) is 0.417. The zero-order chi connectivity index (χ0) is 14.4. The SMILES string of the molecule is O=C(OCCCc1ccccc1)Sc1nc(Cl)c(Cl)s1. The molecule has 0 fully saturated rings. The number of thiazole rings is 1.